The van der Waals surface area contributed by atoms with Crippen LogP contribution >= 0.6 is 0 Å². The Labute approximate surface area is 138 Å². The van der Waals surface area contributed by atoms with Crippen LogP contribution in [-0.2, 0) is 9.53 Å². The highest BCUT2D eigenvalue weighted by molar-refractivity contribution is 6.08. The first kappa shape index (κ1) is 14.6. The average Bonchev–Trinajstić information content (AvgIpc) is 3.08. The van der Waals surface area contributed by atoms with Gasteiger partial charge in [-0.3, -0.25) is 9.59 Å². The number of nitrogens with zero attached hydrogens (tertiary/aromatic N) is 1. The molecule has 0 saturated carbocycles. The number of fused-ring (bicyclic) bond motifs is 2. The topological polar surface area (TPSA) is 89.5 Å². The molecule has 4 rings (SSSR count). The molecule has 1 atom stereocenters. The van der Waals surface area contributed by atoms with E-state index in [0.717, 1.165) is 6.42 Å². The van der Waals surface area contributed by atoms with E-state index in [1.165, 1.54) is 0 Å². The third kappa shape index (κ3) is 2.69. The van der Waals surface area contributed by atoms with Crippen LogP contribution < -0.4 is 15.4 Å². The van der Waals surface area contributed by atoms with Crippen molar-refractivity contribution in [3.05, 3.63) is 42.1 Å². The summed E-state index contributed by atoms with van der Waals surface area (Å²) in [6, 6.07) is 8.35. The molecule has 1 saturated heterocycles. The first-order valence-electron chi connectivity index (χ1n) is 7.71. The number of benzene rings is 1. The van der Waals surface area contributed by atoms with Crippen LogP contribution in [0.2, 0.25) is 0 Å². The number of carbonyl (C=O) groups is 2. The second-order valence-electron chi connectivity index (χ2n) is 5.61. The first-order chi connectivity index (χ1) is 11.7. The molecule has 1 aromatic heterocycles. The van der Waals surface area contributed by atoms with Crippen molar-refractivity contribution in [2.75, 3.05) is 17.2 Å². The summed E-state index contributed by atoms with van der Waals surface area (Å²) in [6.45, 7) is 0.601. The van der Waals surface area contributed by atoms with Gasteiger partial charge in [-0.25, -0.2) is 4.98 Å². The van der Waals surface area contributed by atoms with E-state index in [0.29, 0.717) is 41.6 Å². The number of aromatic nitrogens is 1. The van der Waals surface area contributed by atoms with Crippen LogP contribution in [0.1, 0.15) is 23.2 Å². The lowest BCUT2D eigenvalue weighted by atomic mass is 10.1. The Morgan fingerprint density at radius 3 is 3.08 bits per heavy atom. The lowest BCUT2D eigenvalue weighted by molar-refractivity contribution is -0.124. The molecule has 0 unspecified atom stereocenters. The highest BCUT2D eigenvalue weighted by Gasteiger charge is 2.25. The summed E-state index contributed by atoms with van der Waals surface area (Å²) in [7, 11) is 0. The van der Waals surface area contributed by atoms with Crippen LogP contribution in [0.15, 0.2) is 36.5 Å². The van der Waals surface area contributed by atoms with Crippen LogP contribution in [0.5, 0.6) is 11.6 Å². The maximum absolute atomic E-state index is 12.4. The van der Waals surface area contributed by atoms with Gasteiger partial charge in [0.1, 0.15) is 17.5 Å². The van der Waals surface area contributed by atoms with Gasteiger partial charge in [-0.1, -0.05) is 0 Å². The fraction of sp³-hybridized carbons (Fsp3) is 0.235. The second-order valence-corrected chi connectivity index (χ2v) is 5.61. The molecule has 1 fully saturated rings. The number of pyridine rings is 1. The fourth-order valence-corrected chi connectivity index (χ4v) is 2.74. The molecule has 2 aliphatic rings. The van der Waals surface area contributed by atoms with Crippen molar-refractivity contribution in [2.45, 2.75) is 18.9 Å². The molecule has 0 radical (unpaired) electrons. The molecule has 1 aromatic carbocycles. The van der Waals surface area contributed by atoms with Crippen molar-refractivity contribution in [3.63, 3.8) is 0 Å². The molecule has 0 aliphatic carbocycles. The largest absolute Gasteiger partial charge is 0.436 e. The summed E-state index contributed by atoms with van der Waals surface area (Å²) in [5, 5.41) is 5.53. The zero-order valence-electron chi connectivity index (χ0n) is 12.7. The van der Waals surface area contributed by atoms with E-state index < -0.39 is 6.10 Å². The fourth-order valence-electron chi connectivity index (χ4n) is 2.74. The molecule has 2 amide bonds. The molecule has 2 N–H and O–H groups in total. The van der Waals surface area contributed by atoms with E-state index in [2.05, 4.69) is 15.6 Å². The third-order valence-electron chi connectivity index (χ3n) is 3.94. The van der Waals surface area contributed by atoms with Gasteiger partial charge >= 0.3 is 0 Å². The van der Waals surface area contributed by atoms with Crippen molar-refractivity contribution in [2.24, 2.45) is 0 Å². The number of hydrogen-bond acceptors (Lipinski definition) is 5. The maximum atomic E-state index is 12.4. The summed E-state index contributed by atoms with van der Waals surface area (Å²) in [5.41, 5.74) is 1.36. The first-order valence-corrected chi connectivity index (χ1v) is 7.71. The number of rotatable bonds is 2. The summed E-state index contributed by atoms with van der Waals surface area (Å²) >= 11 is 0. The molecule has 2 aromatic rings. The highest BCUT2D eigenvalue weighted by Crippen LogP contribution is 2.34. The Balaban J connectivity index is 1.60. The Morgan fingerprint density at radius 1 is 1.33 bits per heavy atom. The third-order valence-corrected chi connectivity index (χ3v) is 3.94. The monoisotopic (exact) mass is 325 g/mol. The standard InChI is InChI=1S/C17H15N3O4/c21-15-11-9-10(19-16(22)14-4-2-8-23-14)5-6-13(11)24-17-12(20-15)3-1-7-18-17/h1,3,5-7,9,14H,2,4,8H2,(H,19,22)(H,20,21)/t14-/m1/s1. The molecule has 7 heteroatoms. The van der Waals surface area contributed by atoms with Gasteiger partial charge in [0, 0.05) is 18.5 Å². The number of ether oxygens (including phenoxy) is 2. The molecule has 7 nitrogen and oxygen atoms in total. The zero-order valence-corrected chi connectivity index (χ0v) is 12.7. The van der Waals surface area contributed by atoms with Gasteiger partial charge in [0.25, 0.3) is 11.8 Å². The number of amides is 2. The highest BCUT2D eigenvalue weighted by atomic mass is 16.5. The van der Waals surface area contributed by atoms with Gasteiger partial charge in [-0.2, -0.15) is 0 Å². The van der Waals surface area contributed by atoms with Crippen molar-refractivity contribution in [1.29, 1.82) is 0 Å². The van der Waals surface area contributed by atoms with Crippen LogP contribution in [0.3, 0.4) is 0 Å². The minimum Gasteiger partial charge on any atom is -0.436 e. The Kier molecular flexibility index (Phi) is 3.62. The van der Waals surface area contributed by atoms with E-state index in [1.54, 1.807) is 36.5 Å². The molecule has 0 bridgehead atoms. The van der Waals surface area contributed by atoms with Gasteiger partial charge in [0.2, 0.25) is 5.88 Å². The van der Waals surface area contributed by atoms with E-state index in [9.17, 15) is 9.59 Å². The van der Waals surface area contributed by atoms with Crippen molar-refractivity contribution < 1.29 is 19.1 Å². The van der Waals surface area contributed by atoms with E-state index in [-0.39, 0.29) is 11.8 Å². The van der Waals surface area contributed by atoms with E-state index in [1.807, 2.05) is 0 Å². The predicted octanol–water partition coefficient (Wildman–Crippen LogP) is 2.56. The van der Waals surface area contributed by atoms with E-state index >= 15 is 0 Å². The van der Waals surface area contributed by atoms with Gasteiger partial charge < -0.3 is 20.1 Å². The Morgan fingerprint density at radius 2 is 2.25 bits per heavy atom. The summed E-state index contributed by atoms with van der Waals surface area (Å²) < 4.78 is 11.1. The van der Waals surface area contributed by atoms with Gasteiger partial charge in [0.05, 0.1) is 5.56 Å². The molecule has 122 valence electrons. The Hall–Kier alpha value is -2.93. The van der Waals surface area contributed by atoms with Crippen LogP contribution in [0, 0.1) is 0 Å². The van der Waals surface area contributed by atoms with Crippen LogP contribution in [0.25, 0.3) is 0 Å². The summed E-state index contributed by atoms with van der Waals surface area (Å²) in [4.78, 5) is 28.7. The Bertz CT molecular complexity index is 815. The van der Waals surface area contributed by atoms with E-state index in [4.69, 9.17) is 9.47 Å². The second kappa shape index (κ2) is 5.93. The molecule has 0 spiro atoms. The average molecular weight is 325 g/mol. The van der Waals surface area contributed by atoms with Crippen molar-refractivity contribution in [3.8, 4) is 11.6 Å². The number of carbonyl (C=O) groups excluding carboxylic acids is 2. The van der Waals surface area contributed by atoms with Gasteiger partial charge in [-0.05, 0) is 43.2 Å². The quantitative estimate of drug-likeness (QED) is 0.886. The van der Waals surface area contributed by atoms with Gasteiger partial charge in [0.15, 0.2) is 0 Å². The smallest absolute Gasteiger partial charge is 0.259 e. The SMILES string of the molecule is O=C1Nc2cccnc2Oc2ccc(NC(=O)[C@H]3CCCO3)cc21. The van der Waals surface area contributed by atoms with Crippen molar-refractivity contribution in [1.82, 2.24) is 4.98 Å². The number of nitrogens with one attached hydrogen (secondary N) is 2. The minimum atomic E-state index is -0.428. The summed E-state index contributed by atoms with van der Waals surface area (Å²) in [5.74, 6) is 0.207. The van der Waals surface area contributed by atoms with Crippen LogP contribution in [-0.4, -0.2) is 29.5 Å². The molecular weight excluding hydrogens is 310 g/mol. The lowest BCUT2D eigenvalue weighted by Crippen LogP contribution is -2.27. The number of anilines is 2. The molecular formula is C17H15N3O4. The molecule has 24 heavy (non-hydrogen) atoms. The summed E-state index contributed by atoms with van der Waals surface area (Å²) in [6.07, 6.45) is 2.75. The minimum absolute atomic E-state index is 0.202. The lowest BCUT2D eigenvalue weighted by Gasteiger charge is -2.12. The molecule has 2 aliphatic heterocycles. The maximum Gasteiger partial charge on any atom is 0.259 e. The molecule has 3 heterocycles. The number of hydrogen-bond donors (Lipinski definition) is 2. The normalized spacial score (nSPS) is 18.7. The predicted molar refractivity (Wildman–Crippen MR) is 86.3 cm³/mol. The van der Waals surface area contributed by atoms with Crippen molar-refractivity contribution >= 4 is 23.2 Å². The van der Waals surface area contributed by atoms with Crippen LogP contribution in [0.4, 0.5) is 11.4 Å². The zero-order chi connectivity index (χ0) is 16.5. The van der Waals surface area contributed by atoms with Gasteiger partial charge in [-0.15, -0.1) is 0 Å².